The molecule has 2 aromatic carbocycles. The van der Waals surface area contributed by atoms with Crippen LogP contribution >= 0.6 is 31.9 Å². The molecule has 0 radical (unpaired) electrons. The molecule has 174 valence electrons. The van der Waals surface area contributed by atoms with Crippen LogP contribution in [-0.4, -0.2) is 42.2 Å². The molecule has 0 atom stereocenters. The predicted molar refractivity (Wildman–Crippen MR) is 137 cm³/mol. The van der Waals surface area contributed by atoms with E-state index in [9.17, 15) is 9.18 Å². The molecule has 0 aliphatic heterocycles. The number of rotatable bonds is 5. The molecule has 1 aliphatic carbocycles. The summed E-state index contributed by atoms with van der Waals surface area (Å²) in [6.07, 6.45) is 3.36. The monoisotopic (exact) mass is 578 g/mol. The van der Waals surface area contributed by atoms with Crippen molar-refractivity contribution in [2.24, 2.45) is 0 Å². The van der Waals surface area contributed by atoms with Crippen molar-refractivity contribution < 1.29 is 9.18 Å². The van der Waals surface area contributed by atoms with Crippen LogP contribution in [0.4, 0.5) is 26.6 Å². The fraction of sp³-hybridized carbons (Fsp3) is 0.348. The Morgan fingerprint density at radius 1 is 1.06 bits per heavy atom. The normalized spacial score (nSPS) is 18.1. The second-order valence-corrected chi connectivity index (χ2v) is 10.1. The van der Waals surface area contributed by atoms with Gasteiger partial charge in [0.25, 0.3) is 0 Å². The number of amides is 2. The Hall–Kier alpha value is -2.46. The highest BCUT2D eigenvalue weighted by atomic mass is 79.9. The molecule has 1 aliphatic rings. The Labute approximate surface area is 208 Å². The highest BCUT2D eigenvalue weighted by molar-refractivity contribution is 9.11. The van der Waals surface area contributed by atoms with Crippen LogP contribution in [0.25, 0.3) is 10.9 Å². The van der Waals surface area contributed by atoms with Gasteiger partial charge in [-0.2, -0.15) is 4.98 Å². The van der Waals surface area contributed by atoms with Crippen LogP contribution in [0.1, 0.15) is 25.7 Å². The molecule has 0 bridgehead atoms. The van der Waals surface area contributed by atoms with Crippen LogP contribution in [0.3, 0.4) is 0 Å². The third-order valence-electron chi connectivity index (χ3n) is 5.65. The number of carbonyl (C=O) groups excluding carboxylic acids is 1. The molecule has 3 aromatic rings. The lowest BCUT2D eigenvalue weighted by Crippen LogP contribution is -2.42. The Morgan fingerprint density at radius 3 is 2.45 bits per heavy atom. The molecule has 7 nitrogen and oxygen atoms in total. The number of carbonyl (C=O) groups is 1. The topological polar surface area (TPSA) is 82.2 Å². The van der Waals surface area contributed by atoms with Gasteiger partial charge in [-0.1, -0.05) is 28.1 Å². The molecule has 1 heterocycles. The quantitative estimate of drug-likeness (QED) is 0.350. The van der Waals surface area contributed by atoms with Crippen LogP contribution in [0.2, 0.25) is 0 Å². The number of anilines is 3. The van der Waals surface area contributed by atoms with Gasteiger partial charge in [0.1, 0.15) is 11.6 Å². The van der Waals surface area contributed by atoms with Gasteiger partial charge in [-0.05, 0) is 65.9 Å². The van der Waals surface area contributed by atoms with E-state index in [2.05, 4.69) is 52.8 Å². The zero-order chi connectivity index (χ0) is 23.5. The fourth-order valence-electron chi connectivity index (χ4n) is 4.03. The number of halogens is 3. The Bertz CT molecular complexity index is 1140. The number of nitrogens with one attached hydrogen (secondary N) is 3. The minimum atomic E-state index is -0.508. The third-order valence-corrected chi connectivity index (χ3v) is 6.73. The van der Waals surface area contributed by atoms with Gasteiger partial charge in [-0.25, -0.2) is 14.2 Å². The van der Waals surface area contributed by atoms with Gasteiger partial charge < -0.3 is 20.9 Å². The van der Waals surface area contributed by atoms with E-state index in [1.165, 1.54) is 6.07 Å². The second kappa shape index (κ2) is 10.2. The largest absolute Gasteiger partial charge is 0.362 e. The summed E-state index contributed by atoms with van der Waals surface area (Å²) in [5.74, 6) is 0.982. The second-order valence-electron chi connectivity index (χ2n) is 8.32. The van der Waals surface area contributed by atoms with E-state index in [4.69, 9.17) is 4.98 Å². The van der Waals surface area contributed by atoms with Crippen LogP contribution in [0.5, 0.6) is 0 Å². The van der Waals surface area contributed by atoms with Crippen molar-refractivity contribution >= 4 is 66.2 Å². The van der Waals surface area contributed by atoms with Crippen molar-refractivity contribution in [2.75, 3.05) is 29.6 Å². The molecule has 33 heavy (non-hydrogen) atoms. The van der Waals surface area contributed by atoms with Gasteiger partial charge in [-0.3, -0.25) is 0 Å². The summed E-state index contributed by atoms with van der Waals surface area (Å²) >= 11 is 6.51. The summed E-state index contributed by atoms with van der Waals surface area (Å²) in [6.45, 7) is 0. The van der Waals surface area contributed by atoms with Gasteiger partial charge in [0.2, 0.25) is 5.95 Å². The summed E-state index contributed by atoms with van der Waals surface area (Å²) in [4.78, 5) is 23.8. The molecule has 0 spiro atoms. The highest BCUT2D eigenvalue weighted by Crippen LogP contribution is 2.30. The number of para-hydroxylation sites is 1. The molecular formula is C23H25Br2FN6O. The Kier molecular flexibility index (Phi) is 7.33. The smallest absolute Gasteiger partial charge is 0.319 e. The van der Waals surface area contributed by atoms with Crippen LogP contribution in [0.15, 0.2) is 45.3 Å². The first-order chi connectivity index (χ1) is 15.8. The number of aromatic nitrogens is 2. The molecule has 0 saturated heterocycles. The zero-order valence-electron chi connectivity index (χ0n) is 18.3. The lowest BCUT2D eigenvalue weighted by molar-refractivity contribution is 0.243. The molecule has 0 unspecified atom stereocenters. The van der Waals surface area contributed by atoms with E-state index < -0.39 is 11.8 Å². The molecule has 1 fully saturated rings. The number of hydrogen-bond donors (Lipinski definition) is 3. The van der Waals surface area contributed by atoms with Crippen LogP contribution in [0, 0.1) is 5.82 Å². The average molecular weight is 580 g/mol. The maximum atomic E-state index is 14.2. The molecule has 1 aromatic heterocycles. The molecule has 1 saturated carbocycles. The lowest BCUT2D eigenvalue weighted by atomic mass is 9.91. The number of urea groups is 1. The summed E-state index contributed by atoms with van der Waals surface area (Å²) in [7, 11) is 3.94. The number of fused-ring (bicyclic) bond motifs is 1. The summed E-state index contributed by atoms with van der Waals surface area (Å²) in [6, 6.07) is 10.8. The highest BCUT2D eigenvalue weighted by Gasteiger charge is 2.24. The van der Waals surface area contributed by atoms with Gasteiger partial charge in [0, 0.05) is 40.5 Å². The van der Waals surface area contributed by atoms with Gasteiger partial charge >= 0.3 is 6.03 Å². The Morgan fingerprint density at radius 2 is 1.76 bits per heavy atom. The fourth-order valence-corrected chi connectivity index (χ4v) is 5.30. The molecule has 2 amide bonds. The van der Waals surface area contributed by atoms with E-state index in [0.29, 0.717) is 14.9 Å². The van der Waals surface area contributed by atoms with Gasteiger partial charge in [0.15, 0.2) is 0 Å². The van der Waals surface area contributed by atoms with Crippen molar-refractivity contribution in [1.29, 1.82) is 0 Å². The van der Waals surface area contributed by atoms with Crippen LogP contribution in [-0.2, 0) is 0 Å². The summed E-state index contributed by atoms with van der Waals surface area (Å²) in [5, 5.41) is 10.0. The first-order valence-corrected chi connectivity index (χ1v) is 12.3. The van der Waals surface area contributed by atoms with Gasteiger partial charge in [0.05, 0.1) is 11.2 Å². The minimum absolute atomic E-state index is 0.0233. The van der Waals surface area contributed by atoms with E-state index >= 15 is 0 Å². The van der Waals surface area contributed by atoms with Crippen molar-refractivity contribution in [1.82, 2.24) is 15.3 Å². The van der Waals surface area contributed by atoms with E-state index in [1.54, 1.807) is 6.07 Å². The summed E-state index contributed by atoms with van der Waals surface area (Å²) < 4.78 is 15.2. The molecule has 3 N–H and O–H groups in total. The average Bonchev–Trinajstić information content (AvgIpc) is 2.77. The van der Waals surface area contributed by atoms with E-state index in [0.717, 1.165) is 42.4 Å². The standard InChI is InChI=1S/C23H25Br2FN6O/c1-32(2)21-16-5-3-4-6-19(16)29-22(31-21)27-14-7-9-15(10-8-14)28-23(33)30-20-17(25)11-13(24)12-18(20)26/h3-6,11-12,14-15H,7-10H2,1-2H3,(H,27,29,31)(H2,28,30,33). The predicted octanol–water partition coefficient (Wildman–Crippen LogP) is 5.90. The molecular weight excluding hydrogens is 555 g/mol. The van der Waals surface area contributed by atoms with E-state index in [1.807, 2.05) is 43.3 Å². The number of hydrogen-bond acceptors (Lipinski definition) is 5. The maximum Gasteiger partial charge on any atom is 0.319 e. The maximum absolute atomic E-state index is 14.2. The first-order valence-electron chi connectivity index (χ1n) is 10.7. The van der Waals surface area contributed by atoms with Gasteiger partial charge in [-0.15, -0.1) is 0 Å². The van der Waals surface area contributed by atoms with Crippen LogP contribution < -0.4 is 20.9 Å². The van der Waals surface area contributed by atoms with Crippen molar-refractivity contribution in [3.05, 3.63) is 51.2 Å². The van der Waals surface area contributed by atoms with E-state index in [-0.39, 0.29) is 17.8 Å². The number of benzene rings is 2. The molecule has 10 heteroatoms. The van der Waals surface area contributed by atoms with Crippen molar-refractivity contribution in [3.63, 3.8) is 0 Å². The Balaban J connectivity index is 1.34. The number of nitrogens with zero attached hydrogens (tertiary/aromatic N) is 3. The SMILES string of the molecule is CN(C)c1nc(NC2CCC(NC(=O)Nc3c(F)cc(Br)cc3Br)CC2)nc2ccccc12. The molecule has 4 rings (SSSR count). The van der Waals surface area contributed by atoms with Crippen molar-refractivity contribution in [2.45, 2.75) is 37.8 Å². The van der Waals surface area contributed by atoms with Crippen molar-refractivity contribution in [3.8, 4) is 0 Å². The first kappa shape index (κ1) is 23.7. The zero-order valence-corrected chi connectivity index (χ0v) is 21.5. The minimum Gasteiger partial charge on any atom is -0.362 e. The lowest BCUT2D eigenvalue weighted by Gasteiger charge is -2.30. The third kappa shape index (κ3) is 5.73. The summed E-state index contributed by atoms with van der Waals surface area (Å²) in [5.41, 5.74) is 1.02.